The van der Waals surface area contributed by atoms with Crippen LogP contribution in [-0.2, 0) is 17.6 Å². The topological polar surface area (TPSA) is 500 Å². The van der Waals surface area contributed by atoms with E-state index in [0.717, 1.165) is 76.8 Å². The SMILES string of the molecule is CC(=O)N1CCC(c2cc(-c3ccccc3O)nnc2N)CC1.Nc1nnc(-c2cc(F)ccc2O)cc1-c1ccccc1.Nc1nnc(-c2ccc(F)cc2O)cc1-c1ccccc1.Nc1nnc(-c2ccccc2O)cc1Cc1ccccc1.Nc1nnc(-c2ccccc2O)cc1N1CCC(O)(Cc2ccccc2)C1.Nc1nnc(-c2ccccc2O)cc1N1CCN(C(=O)c2ccccc2)CC1. The van der Waals surface area contributed by atoms with E-state index in [1.165, 1.54) is 30.3 Å². The number of piperidine rings is 1. The van der Waals surface area contributed by atoms with Gasteiger partial charge in [0.25, 0.3) is 5.91 Å². The van der Waals surface area contributed by atoms with Gasteiger partial charge in [-0.1, -0.05) is 188 Å². The average molecular weight is 1890 g/mol. The van der Waals surface area contributed by atoms with E-state index in [1.807, 2.05) is 221 Å². The molecule has 0 saturated carbocycles. The van der Waals surface area contributed by atoms with E-state index < -0.39 is 17.2 Å². The molecule has 9 heterocycles. The number of rotatable bonds is 16. The standard InChI is InChI=1S/C21H21N5O2.C21H22N4O2.C17H20N4O2.C17H15N3O.2C16H12FN3O/c22-20-18(14-17(23-24-20)16-8-4-5-9-19(16)27)25-10-12-26(13-11-25)21(28)15-6-2-1-3-7-15;22-20-18(12-17(23-24-20)16-8-4-5-9-19(16)26)25-11-10-21(27,14-25)13-15-6-2-1-3-7-15;1-11(22)21-8-6-12(7-9-21)14-10-15(19-20-17(14)18)13-4-2-3-5-16(13)23;18-17-13(10-12-6-2-1-3-7-12)11-15(19-20-17)14-8-4-5-9-16(14)21;17-11-6-7-15(21)13(8-11)14-9-12(16(18)20-19-14)10-4-2-1-3-5-10;17-11-6-7-12(15(21)8-11)14-9-13(16(18)20-19-14)10-4-2-1-3-5-10/h1-9,14,27H,10-13H2,(H2,22,24);1-9,12,26-27H,10-11,13-14H2,(H2,22,24);2-5,10,12,23H,6-9H2,1H3,(H2,18,20);1-9,11,21H,10H2,(H2,18,20);2*1-9,21H,(H2,18,20). The molecule has 19 N–H and O–H groups in total. The Morgan fingerprint density at radius 2 is 0.709 bits per heavy atom. The molecule has 712 valence electrons. The maximum absolute atomic E-state index is 13.4. The van der Waals surface area contributed by atoms with Gasteiger partial charge in [-0.05, 0) is 175 Å². The van der Waals surface area contributed by atoms with Gasteiger partial charge in [0.15, 0.2) is 23.3 Å². The highest BCUT2D eigenvalue weighted by molar-refractivity contribution is 5.94. The van der Waals surface area contributed by atoms with Gasteiger partial charge in [-0.15, -0.1) is 61.2 Å². The Kier molecular flexibility index (Phi) is 31.4. The Morgan fingerprint density at radius 1 is 0.333 bits per heavy atom. The molecule has 6 aromatic heterocycles. The predicted octanol–water partition coefficient (Wildman–Crippen LogP) is 16.7. The molecule has 3 aliphatic rings. The number of phenols is 6. The number of phenolic OH excluding ortho intramolecular Hbond substituents is 6. The number of piperazine rings is 1. The normalized spacial score (nSPS) is 13.8. The highest BCUT2D eigenvalue weighted by Gasteiger charge is 2.38. The van der Waals surface area contributed by atoms with E-state index in [1.54, 1.807) is 85.8 Å². The molecule has 1 unspecified atom stereocenters. The maximum Gasteiger partial charge on any atom is 0.253 e. The van der Waals surface area contributed by atoms with E-state index in [0.29, 0.717) is 166 Å². The number of carbonyl (C=O) groups is 2. The summed E-state index contributed by atoms with van der Waals surface area (Å²) in [6, 6.07) is 94.6. The smallest absolute Gasteiger partial charge is 0.253 e. The first-order chi connectivity index (χ1) is 68.3. The first-order valence-electron chi connectivity index (χ1n) is 45.2. The molecule has 0 aliphatic carbocycles. The van der Waals surface area contributed by atoms with Crippen LogP contribution in [0.3, 0.4) is 0 Å². The Labute approximate surface area is 811 Å². The number of aromatic nitrogens is 12. The van der Waals surface area contributed by atoms with Gasteiger partial charge in [0.2, 0.25) is 5.91 Å². The number of aromatic hydroxyl groups is 6. The summed E-state index contributed by atoms with van der Waals surface area (Å²) in [7, 11) is 0. The van der Waals surface area contributed by atoms with E-state index in [2.05, 4.69) is 66.1 Å². The van der Waals surface area contributed by atoms with Crippen LogP contribution in [0.15, 0.2) is 322 Å². The number of hydrogen-bond acceptors (Lipinski definition) is 29. The van der Waals surface area contributed by atoms with Gasteiger partial charge < -0.3 is 89.7 Å². The first kappa shape index (κ1) is 97.4. The number of halogens is 2. The van der Waals surface area contributed by atoms with Crippen molar-refractivity contribution in [1.29, 1.82) is 0 Å². The molecule has 1 atom stereocenters. The van der Waals surface area contributed by atoms with Crippen molar-refractivity contribution in [3.63, 3.8) is 0 Å². The first-order valence-corrected chi connectivity index (χ1v) is 45.2. The van der Waals surface area contributed by atoms with E-state index in [4.69, 9.17) is 34.4 Å². The third-order valence-corrected chi connectivity index (χ3v) is 24.0. The third kappa shape index (κ3) is 24.8. The Morgan fingerprint density at radius 3 is 1.18 bits per heavy atom. The summed E-state index contributed by atoms with van der Waals surface area (Å²) < 4.78 is 26.4. The second-order valence-corrected chi connectivity index (χ2v) is 33.5. The molecule has 33 heteroatoms. The van der Waals surface area contributed by atoms with Crippen LogP contribution in [0.4, 0.5) is 55.1 Å². The number of para-hydroxylation sites is 4. The van der Waals surface area contributed by atoms with Gasteiger partial charge in [0.05, 0.1) is 51.1 Å². The molecule has 20 rings (SSSR count). The highest BCUT2D eigenvalue weighted by atomic mass is 19.1. The number of carbonyl (C=O) groups excluding carboxylic acids is 2. The molecule has 3 aliphatic heterocycles. The number of nitrogens with two attached hydrogens (primary N) is 6. The molecular formula is C108H102F2N22O9. The van der Waals surface area contributed by atoms with Gasteiger partial charge in [0.1, 0.15) is 57.8 Å². The summed E-state index contributed by atoms with van der Waals surface area (Å²) >= 11 is 0. The number of nitrogens with zero attached hydrogens (tertiary/aromatic N) is 16. The zero-order valence-electron chi connectivity index (χ0n) is 76.7. The summed E-state index contributed by atoms with van der Waals surface area (Å²) in [5.74, 6) is 1.89. The minimum Gasteiger partial charge on any atom is -0.507 e. The summed E-state index contributed by atoms with van der Waals surface area (Å²) in [5, 5.41) is 119. The van der Waals surface area contributed by atoms with Crippen LogP contribution >= 0.6 is 0 Å². The van der Waals surface area contributed by atoms with Gasteiger partial charge in [-0.25, -0.2) is 8.78 Å². The number of β-amino-alcohol motifs (C(OH)–C–C–N with tert-alkyl or cyclic N) is 1. The molecule has 3 saturated heterocycles. The van der Waals surface area contributed by atoms with Crippen LogP contribution in [0.25, 0.3) is 89.8 Å². The van der Waals surface area contributed by atoms with Gasteiger partial charge in [-0.2, -0.15) is 0 Å². The molecular weight excluding hydrogens is 1790 g/mol. The minimum absolute atomic E-state index is 0.0379. The lowest BCUT2D eigenvalue weighted by atomic mass is 9.89. The largest absolute Gasteiger partial charge is 0.507 e. The lowest BCUT2D eigenvalue weighted by Crippen LogP contribution is -2.49. The predicted molar refractivity (Wildman–Crippen MR) is 542 cm³/mol. The molecule has 0 radical (unpaired) electrons. The van der Waals surface area contributed by atoms with Crippen molar-refractivity contribution in [2.75, 3.05) is 96.6 Å². The second kappa shape index (κ2) is 45.5. The number of anilines is 8. The van der Waals surface area contributed by atoms with Crippen molar-refractivity contribution < 1.29 is 54.1 Å². The molecule has 0 bridgehead atoms. The zero-order chi connectivity index (χ0) is 99.1. The number of nitrogen functional groups attached to an aromatic ring is 6. The van der Waals surface area contributed by atoms with Crippen LogP contribution in [0.5, 0.6) is 34.5 Å². The van der Waals surface area contributed by atoms with Gasteiger partial charge in [-0.3, -0.25) is 9.59 Å². The molecule has 17 aromatic rings. The summed E-state index contributed by atoms with van der Waals surface area (Å²) in [6.45, 7) is 6.70. The van der Waals surface area contributed by atoms with Crippen molar-refractivity contribution in [2.45, 2.75) is 50.5 Å². The number of amides is 2. The average Bonchev–Trinajstić information content (AvgIpc) is 1.69. The Hall–Kier alpha value is -18.1. The van der Waals surface area contributed by atoms with E-state index >= 15 is 0 Å². The zero-order valence-corrected chi connectivity index (χ0v) is 76.7. The van der Waals surface area contributed by atoms with Crippen LogP contribution in [0.1, 0.15) is 64.7 Å². The Balaban J connectivity index is 0.000000128. The van der Waals surface area contributed by atoms with E-state index in [-0.39, 0.29) is 63.6 Å². The molecule has 2 amide bonds. The van der Waals surface area contributed by atoms with Crippen molar-refractivity contribution >= 4 is 58.1 Å². The number of benzene rings is 11. The van der Waals surface area contributed by atoms with Crippen molar-refractivity contribution in [3.8, 4) is 124 Å². The monoisotopic (exact) mass is 1890 g/mol. The lowest BCUT2D eigenvalue weighted by molar-refractivity contribution is -0.129. The van der Waals surface area contributed by atoms with Crippen molar-refractivity contribution in [2.24, 2.45) is 0 Å². The second-order valence-electron chi connectivity index (χ2n) is 33.5. The molecule has 31 nitrogen and oxygen atoms in total. The quantitative estimate of drug-likeness (QED) is 0.0427. The molecule has 3 fully saturated rings. The number of aliphatic hydroxyl groups is 1. The third-order valence-electron chi connectivity index (χ3n) is 24.0. The lowest BCUT2D eigenvalue weighted by Gasteiger charge is -2.36. The van der Waals surface area contributed by atoms with Crippen LogP contribution in [0, 0.1) is 11.6 Å². The molecule has 141 heavy (non-hydrogen) atoms. The minimum atomic E-state index is -0.813. The fourth-order valence-electron chi connectivity index (χ4n) is 16.5. The van der Waals surface area contributed by atoms with Crippen LogP contribution in [0.2, 0.25) is 0 Å². The summed E-state index contributed by atoms with van der Waals surface area (Å²) in [5.41, 5.74) is 50.8. The highest BCUT2D eigenvalue weighted by Crippen LogP contribution is 2.41. The fraction of sp³-hybridized carbons (Fsp3) is 0.148. The fourth-order valence-corrected chi connectivity index (χ4v) is 16.5. The maximum atomic E-state index is 13.4. The number of likely N-dealkylation sites (tertiary alicyclic amines) is 1. The van der Waals surface area contributed by atoms with E-state index in [9.17, 15) is 54.1 Å². The summed E-state index contributed by atoms with van der Waals surface area (Å²) in [6.07, 6.45) is 3.64. The molecule has 11 aromatic carbocycles. The van der Waals surface area contributed by atoms with Gasteiger partial charge in [0, 0.05) is 139 Å². The Bertz CT molecular complexity index is 7190. The summed E-state index contributed by atoms with van der Waals surface area (Å²) in [4.78, 5) is 31.9. The van der Waals surface area contributed by atoms with Crippen LogP contribution in [-0.4, -0.2) is 177 Å². The van der Waals surface area contributed by atoms with Crippen molar-refractivity contribution in [1.82, 2.24) is 71.0 Å². The van der Waals surface area contributed by atoms with Gasteiger partial charge >= 0.3 is 0 Å². The van der Waals surface area contributed by atoms with Crippen LogP contribution < -0.4 is 44.2 Å². The molecule has 0 spiro atoms. The number of hydrogen-bond donors (Lipinski definition) is 13. The van der Waals surface area contributed by atoms with Crippen molar-refractivity contribution in [3.05, 3.63) is 361 Å².